The van der Waals surface area contributed by atoms with Gasteiger partial charge in [-0.15, -0.1) is 0 Å². The molecule has 0 aromatic heterocycles. The zero-order chi connectivity index (χ0) is 19.2. The van der Waals surface area contributed by atoms with Gasteiger partial charge in [0.2, 0.25) is 0 Å². The molecule has 1 unspecified atom stereocenters. The Kier molecular flexibility index (Phi) is 6.38. The quantitative estimate of drug-likeness (QED) is 0.752. The monoisotopic (exact) mass is 365 g/mol. The SMILES string of the molecule is CCC(COc1cccc(C(F)(F)F)c1)NC(=O)c1ccccc1C=O. The summed E-state index contributed by atoms with van der Waals surface area (Å²) in [4.78, 5) is 23.3. The van der Waals surface area contributed by atoms with Gasteiger partial charge in [-0.3, -0.25) is 9.59 Å². The van der Waals surface area contributed by atoms with Gasteiger partial charge in [0.1, 0.15) is 12.4 Å². The third kappa shape index (κ3) is 5.08. The first-order valence-electron chi connectivity index (χ1n) is 8.00. The van der Waals surface area contributed by atoms with Crippen LogP contribution in [0.5, 0.6) is 5.75 Å². The number of ether oxygens (including phenoxy) is 1. The van der Waals surface area contributed by atoms with Gasteiger partial charge in [-0.05, 0) is 30.7 Å². The van der Waals surface area contributed by atoms with Crippen LogP contribution >= 0.6 is 0 Å². The van der Waals surface area contributed by atoms with Crippen LogP contribution in [0, 0.1) is 0 Å². The van der Waals surface area contributed by atoms with Crippen molar-refractivity contribution < 1.29 is 27.5 Å². The molecule has 0 heterocycles. The standard InChI is InChI=1S/C19H18F3NO3/c1-2-15(23-18(25)17-9-4-3-6-13(17)11-24)12-26-16-8-5-7-14(10-16)19(20,21)22/h3-11,15H,2,12H2,1H3,(H,23,25). The molecule has 2 aromatic carbocycles. The highest BCUT2D eigenvalue weighted by molar-refractivity contribution is 6.01. The fraction of sp³-hybridized carbons (Fsp3) is 0.263. The van der Waals surface area contributed by atoms with Gasteiger partial charge in [-0.25, -0.2) is 0 Å². The van der Waals surface area contributed by atoms with Crippen molar-refractivity contribution in [1.29, 1.82) is 0 Å². The number of hydrogen-bond acceptors (Lipinski definition) is 3. The minimum absolute atomic E-state index is 0.00675. The van der Waals surface area contributed by atoms with Crippen LogP contribution in [0.2, 0.25) is 0 Å². The second kappa shape index (κ2) is 8.51. The Morgan fingerprint density at radius 1 is 1.19 bits per heavy atom. The largest absolute Gasteiger partial charge is 0.491 e. The lowest BCUT2D eigenvalue weighted by atomic mass is 10.1. The molecule has 0 bridgehead atoms. The van der Waals surface area contributed by atoms with Crippen LogP contribution in [0.3, 0.4) is 0 Å². The summed E-state index contributed by atoms with van der Waals surface area (Å²) in [5, 5.41) is 2.73. The zero-order valence-electron chi connectivity index (χ0n) is 14.0. The number of nitrogens with one attached hydrogen (secondary N) is 1. The molecule has 0 fully saturated rings. The van der Waals surface area contributed by atoms with Crippen LogP contribution in [-0.2, 0) is 6.18 Å². The highest BCUT2D eigenvalue weighted by atomic mass is 19.4. The van der Waals surface area contributed by atoms with E-state index in [1.807, 2.05) is 6.92 Å². The molecule has 0 spiro atoms. The molecule has 0 saturated carbocycles. The molecule has 1 N–H and O–H groups in total. The Hall–Kier alpha value is -2.83. The third-order valence-electron chi connectivity index (χ3n) is 3.77. The Balaban J connectivity index is 2.02. The number of aldehydes is 1. The number of benzene rings is 2. The molecule has 138 valence electrons. The minimum Gasteiger partial charge on any atom is -0.491 e. The van der Waals surface area contributed by atoms with Crippen LogP contribution in [0.15, 0.2) is 48.5 Å². The Bertz CT molecular complexity index is 775. The number of alkyl halides is 3. The maximum atomic E-state index is 12.7. The molecular weight excluding hydrogens is 347 g/mol. The van der Waals surface area contributed by atoms with Gasteiger partial charge in [-0.2, -0.15) is 13.2 Å². The highest BCUT2D eigenvalue weighted by Gasteiger charge is 2.30. The van der Waals surface area contributed by atoms with Gasteiger partial charge in [-0.1, -0.05) is 31.2 Å². The number of halogens is 3. The van der Waals surface area contributed by atoms with E-state index in [0.717, 1.165) is 12.1 Å². The van der Waals surface area contributed by atoms with Gasteiger partial charge >= 0.3 is 6.18 Å². The van der Waals surface area contributed by atoms with Crippen molar-refractivity contribution in [3.8, 4) is 5.75 Å². The van der Waals surface area contributed by atoms with E-state index in [-0.39, 0.29) is 23.5 Å². The molecule has 0 aliphatic carbocycles. The Morgan fingerprint density at radius 3 is 2.58 bits per heavy atom. The predicted molar refractivity (Wildman–Crippen MR) is 90.3 cm³/mol. The van der Waals surface area contributed by atoms with E-state index in [4.69, 9.17) is 4.74 Å². The molecule has 26 heavy (non-hydrogen) atoms. The van der Waals surface area contributed by atoms with Crippen LogP contribution in [0.25, 0.3) is 0 Å². The highest BCUT2D eigenvalue weighted by Crippen LogP contribution is 2.31. The van der Waals surface area contributed by atoms with Gasteiger partial charge in [0.15, 0.2) is 6.29 Å². The van der Waals surface area contributed by atoms with Crippen molar-refractivity contribution in [2.45, 2.75) is 25.6 Å². The normalized spacial score (nSPS) is 12.3. The summed E-state index contributed by atoms with van der Waals surface area (Å²) in [7, 11) is 0. The van der Waals surface area contributed by atoms with Crippen molar-refractivity contribution in [3.05, 3.63) is 65.2 Å². The second-order valence-electron chi connectivity index (χ2n) is 5.62. The summed E-state index contributed by atoms with van der Waals surface area (Å²) < 4.78 is 43.6. The number of carbonyl (C=O) groups excluding carboxylic acids is 2. The summed E-state index contributed by atoms with van der Waals surface area (Å²) >= 11 is 0. The molecule has 1 atom stereocenters. The topological polar surface area (TPSA) is 55.4 Å². The number of carbonyl (C=O) groups is 2. The average molecular weight is 365 g/mol. The third-order valence-corrected chi connectivity index (χ3v) is 3.77. The molecule has 2 rings (SSSR count). The number of amides is 1. The van der Waals surface area contributed by atoms with Gasteiger partial charge < -0.3 is 10.1 Å². The maximum Gasteiger partial charge on any atom is 0.416 e. The lowest BCUT2D eigenvalue weighted by molar-refractivity contribution is -0.137. The van der Waals surface area contributed by atoms with E-state index in [2.05, 4.69) is 5.32 Å². The van der Waals surface area contributed by atoms with Crippen molar-refractivity contribution in [2.24, 2.45) is 0 Å². The van der Waals surface area contributed by atoms with Crippen molar-refractivity contribution in [3.63, 3.8) is 0 Å². The fourth-order valence-corrected chi connectivity index (χ4v) is 2.29. The van der Waals surface area contributed by atoms with E-state index in [0.29, 0.717) is 12.7 Å². The molecule has 0 saturated heterocycles. The summed E-state index contributed by atoms with van der Waals surface area (Å²) in [5.74, 6) is -0.368. The molecule has 4 nitrogen and oxygen atoms in total. The molecule has 7 heteroatoms. The molecule has 0 aliphatic heterocycles. The van der Waals surface area contributed by atoms with E-state index in [9.17, 15) is 22.8 Å². The second-order valence-corrected chi connectivity index (χ2v) is 5.62. The van der Waals surface area contributed by atoms with E-state index in [1.165, 1.54) is 24.3 Å². The van der Waals surface area contributed by atoms with Crippen molar-refractivity contribution >= 4 is 12.2 Å². The first-order chi connectivity index (χ1) is 12.3. The van der Waals surface area contributed by atoms with E-state index >= 15 is 0 Å². The molecule has 0 radical (unpaired) electrons. The van der Waals surface area contributed by atoms with Crippen LogP contribution in [-0.4, -0.2) is 24.8 Å². The van der Waals surface area contributed by atoms with Crippen LogP contribution < -0.4 is 10.1 Å². The van der Waals surface area contributed by atoms with E-state index in [1.54, 1.807) is 12.1 Å². The maximum absolute atomic E-state index is 12.7. The van der Waals surface area contributed by atoms with Crippen LogP contribution in [0.4, 0.5) is 13.2 Å². The lowest BCUT2D eigenvalue weighted by Crippen LogP contribution is -2.39. The first-order valence-corrected chi connectivity index (χ1v) is 8.00. The predicted octanol–water partition coefficient (Wildman–Crippen LogP) is 4.11. The number of rotatable bonds is 7. The molecule has 1 amide bonds. The van der Waals surface area contributed by atoms with Crippen molar-refractivity contribution in [2.75, 3.05) is 6.61 Å². The van der Waals surface area contributed by atoms with Gasteiger partial charge in [0, 0.05) is 11.1 Å². The zero-order valence-corrected chi connectivity index (χ0v) is 14.0. The summed E-state index contributed by atoms with van der Waals surface area (Å²) in [5.41, 5.74) is -0.300. The summed E-state index contributed by atoms with van der Waals surface area (Å²) in [6.45, 7) is 1.82. The lowest BCUT2D eigenvalue weighted by Gasteiger charge is -2.19. The smallest absolute Gasteiger partial charge is 0.416 e. The Labute approximate surface area is 149 Å². The number of hydrogen-bond donors (Lipinski definition) is 1. The first kappa shape index (κ1) is 19.5. The van der Waals surface area contributed by atoms with Crippen LogP contribution in [0.1, 0.15) is 39.6 Å². The van der Waals surface area contributed by atoms with Gasteiger partial charge in [0.25, 0.3) is 5.91 Å². The Morgan fingerprint density at radius 2 is 1.92 bits per heavy atom. The average Bonchev–Trinajstić information content (AvgIpc) is 2.64. The molecule has 0 aliphatic rings. The minimum atomic E-state index is -4.45. The summed E-state index contributed by atoms with van der Waals surface area (Å²) in [6, 6.07) is 10.5. The van der Waals surface area contributed by atoms with Gasteiger partial charge in [0.05, 0.1) is 11.6 Å². The molecule has 2 aromatic rings. The van der Waals surface area contributed by atoms with E-state index < -0.39 is 23.7 Å². The summed E-state index contributed by atoms with van der Waals surface area (Å²) in [6.07, 6.45) is -3.35. The fourth-order valence-electron chi connectivity index (χ4n) is 2.29. The van der Waals surface area contributed by atoms with Crippen molar-refractivity contribution in [1.82, 2.24) is 5.32 Å². The molecular formula is C19H18F3NO3.